The number of piperidine rings is 1. The van der Waals surface area contributed by atoms with Gasteiger partial charge in [0.1, 0.15) is 0 Å². The maximum Gasteiger partial charge on any atom is 0.0595 e. The summed E-state index contributed by atoms with van der Waals surface area (Å²) in [4.78, 5) is 2.43. The minimum Gasteiger partial charge on any atom is -0.327 e. The van der Waals surface area contributed by atoms with Gasteiger partial charge in [-0.05, 0) is 29.5 Å². The molecule has 0 saturated carbocycles. The van der Waals surface area contributed by atoms with E-state index >= 15 is 0 Å². The number of nitrogens with two attached hydrogens (primary N) is 1. The van der Waals surface area contributed by atoms with Crippen LogP contribution in [0, 0.1) is 5.41 Å². The minimum absolute atomic E-state index is 0. The second kappa shape index (κ2) is 6.64. The molecule has 0 amide bonds. The number of hydrogen-bond acceptors (Lipinski definition) is 2. The van der Waals surface area contributed by atoms with Crippen LogP contribution in [0.5, 0.6) is 0 Å². The molecule has 1 aromatic carbocycles. The van der Waals surface area contributed by atoms with Gasteiger partial charge in [0.15, 0.2) is 0 Å². The van der Waals surface area contributed by atoms with E-state index in [1.807, 2.05) is 18.2 Å². The zero-order valence-corrected chi connectivity index (χ0v) is 13.7. The van der Waals surface area contributed by atoms with Crippen LogP contribution < -0.4 is 5.73 Å². The smallest absolute Gasteiger partial charge is 0.0595 e. The topological polar surface area (TPSA) is 29.3 Å². The van der Waals surface area contributed by atoms with Crippen molar-refractivity contribution in [2.45, 2.75) is 32.9 Å². The van der Waals surface area contributed by atoms with Crippen molar-refractivity contribution in [3.63, 3.8) is 0 Å². The van der Waals surface area contributed by atoms with Gasteiger partial charge in [0.2, 0.25) is 0 Å². The van der Waals surface area contributed by atoms with E-state index in [-0.39, 0.29) is 17.8 Å². The van der Waals surface area contributed by atoms with E-state index in [9.17, 15) is 0 Å². The van der Waals surface area contributed by atoms with Crippen molar-refractivity contribution in [3.05, 3.63) is 33.8 Å². The maximum atomic E-state index is 6.15. The highest BCUT2D eigenvalue weighted by atomic mass is 35.5. The van der Waals surface area contributed by atoms with Gasteiger partial charge in [-0.2, -0.15) is 0 Å². The average molecular weight is 324 g/mol. The first kappa shape index (κ1) is 17.1. The summed E-state index contributed by atoms with van der Waals surface area (Å²) in [6.07, 6.45) is 1.05. The first-order chi connectivity index (χ1) is 8.38. The van der Waals surface area contributed by atoms with Crippen LogP contribution in [-0.2, 0) is 6.54 Å². The summed E-state index contributed by atoms with van der Waals surface area (Å²) < 4.78 is 0. The molecule has 1 heterocycles. The summed E-state index contributed by atoms with van der Waals surface area (Å²) in [7, 11) is 0. The summed E-state index contributed by atoms with van der Waals surface area (Å²) >= 11 is 12.0. The van der Waals surface area contributed by atoms with Crippen LogP contribution >= 0.6 is 35.6 Å². The molecule has 19 heavy (non-hydrogen) atoms. The normalized spacial score (nSPS) is 22.9. The molecule has 0 aliphatic carbocycles. The van der Waals surface area contributed by atoms with Crippen molar-refractivity contribution in [1.29, 1.82) is 0 Å². The Bertz CT molecular complexity index is 435. The van der Waals surface area contributed by atoms with E-state index in [1.165, 1.54) is 5.56 Å². The molecule has 108 valence electrons. The highest BCUT2D eigenvalue weighted by molar-refractivity contribution is 6.42. The lowest BCUT2D eigenvalue weighted by atomic mass is 9.79. The van der Waals surface area contributed by atoms with Crippen molar-refractivity contribution < 1.29 is 0 Å². The Labute approximate surface area is 131 Å². The van der Waals surface area contributed by atoms with E-state index in [0.717, 1.165) is 26.1 Å². The van der Waals surface area contributed by atoms with Crippen molar-refractivity contribution >= 4 is 35.6 Å². The van der Waals surface area contributed by atoms with E-state index in [0.29, 0.717) is 16.1 Å². The standard InChI is InChI=1S/C14H20Cl2N2.ClH/c1-14(2)9-18(6-5-13(14)17)8-10-3-4-11(15)12(16)7-10;/h3-4,7,13H,5-6,8-9,17H2,1-2H3;1H. The third kappa shape index (κ3) is 4.24. The molecule has 0 aromatic heterocycles. The molecule has 5 heteroatoms. The summed E-state index contributed by atoms with van der Waals surface area (Å²) in [6.45, 7) is 7.45. The second-order valence-corrected chi connectivity index (χ2v) is 6.66. The van der Waals surface area contributed by atoms with Crippen molar-refractivity contribution in [1.82, 2.24) is 4.90 Å². The van der Waals surface area contributed by atoms with Crippen LogP contribution in [0.15, 0.2) is 18.2 Å². The summed E-state index contributed by atoms with van der Waals surface area (Å²) in [5, 5.41) is 1.24. The fraction of sp³-hybridized carbons (Fsp3) is 0.571. The molecular formula is C14H21Cl3N2. The monoisotopic (exact) mass is 322 g/mol. The Balaban J connectivity index is 0.00000180. The second-order valence-electron chi connectivity index (χ2n) is 5.84. The summed E-state index contributed by atoms with van der Waals surface area (Å²) in [6, 6.07) is 6.14. The number of nitrogens with zero attached hydrogens (tertiary/aromatic N) is 1. The maximum absolute atomic E-state index is 6.15. The molecule has 1 aliphatic heterocycles. The van der Waals surface area contributed by atoms with Gasteiger partial charge in [0.25, 0.3) is 0 Å². The first-order valence-electron chi connectivity index (χ1n) is 6.30. The zero-order chi connectivity index (χ0) is 13.3. The predicted molar refractivity (Wildman–Crippen MR) is 85.4 cm³/mol. The fourth-order valence-corrected chi connectivity index (χ4v) is 2.84. The van der Waals surface area contributed by atoms with Gasteiger partial charge in [0.05, 0.1) is 10.0 Å². The molecule has 1 atom stereocenters. The van der Waals surface area contributed by atoms with Crippen LogP contribution in [0.4, 0.5) is 0 Å². The largest absolute Gasteiger partial charge is 0.327 e. The molecule has 1 fully saturated rings. The first-order valence-corrected chi connectivity index (χ1v) is 7.06. The van der Waals surface area contributed by atoms with Crippen LogP contribution in [0.2, 0.25) is 10.0 Å². The van der Waals surface area contributed by atoms with Crippen LogP contribution in [0.3, 0.4) is 0 Å². The molecule has 1 aromatic rings. The van der Waals surface area contributed by atoms with E-state index in [4.69, 9.17) is 28.9 Å². The lowest BCUT2D eigenvalue weighted by molar-refractivity contribution is 0.0899. The lowest BCUT2D eigenvalue weighted by Crippen LogP contribution is -2.52. The molecule has 0 radical (unpaired) electrons. The number of halogens is 3. The molecule has 1 unspecified atom stereocenters. The highest BCUT2D eigenvalue weighted by Crippen LogP contribution is 2.29. The minimum atomic E-state index is 0. The predicted octanol–water partition coefficient (Wildman–Crippen LogP) is 3.97. The molecule has 2 nitrogen and oxygen atoms in total. The van der Waals surface area contributed by atoms with Gasteiger partial charge in [-0.25, -0.2) is 0 Å². The quantitative estimate of drug-likeness (QED) is 0.892. The molecule has 1 saturated heterocycles. The zero-order valence-electron chi connectivity index (χ0n) is 11.3. The number of hydrogen-bond donors (Lipinski definition) is 1. The average Bonchev–Trinajstić information content (AvgIpc) is 2.28. The van der Waals surface area contributed by atoms with Gasteiger partial charge >= 0.3 is 0 Å². The Morgan fingerprint density at radius 1 is 1.32 bits per heavy atom. The third-order valence-electron chi connectivity index (χ3n) is 3.78. The molecular weight excluding hydrogens is 303 g/mol. The summed E-state index contributed by atoms with van der Waals surface area (Å²) in [5.74, 6) is 0. The Hall–Kier alpha value is 0.01000. The Morgan fingerprint density at radius 3 is 2.58 bits per heavy atom. The van der Waals surface area contributed by atoms with Crippen molar-refractivity contribution in [3.8, 4) is 0 Å². The Morgan fingerprint density at radius 2 is 2.00 bits per heavy atom. The SMILES string of the molecule is CC1(C)CN(Cc2ccc(Cl)c(Cl)c2)CCC1N.Cl. The van der Waals surface area contributed by atoms with Gasteiger partial charge in [-0.15, -0.1) is 12.4 Å². The highest BCUT2D eigenvalue weighted by Gasteiger charge is 2.33. The molecule has 0 bridgehead atoms. The number of likely N-dealkylation sites (tertiary alicyclic amines) is 1. The van der Waals surface area contributed by atoms with E-state index < -0.39 is 0 Å². The Kier molecular flexibility index (Phi) is 5.96. The van der Waals surface area contributed by atoms with Gasteiger partial charge in [-0.1, -0.05) is 43.1 Å². The van der Waals surface area contributed by atoms with Crippen LogP contribution in [0.25, 0.3) is 0 Å². The lowest BCUT2D eigenvalue weighted by Gasteiger charge is -2.42. The van der Waals surface area contributed by atoms with E-state index in [1.54, 1.807) is 0 Å². The van der Waals surface area contributed by atoms with Gasteiger partial charge in [-0.3, -0.25) is 4.90 Å². The molecule has 0 spiro atoms. The number of rotatable bonds is 2. The number of benzene rings is 1. The van der Waals surface area contributed by atoms with Crippen LogP contribution in [0.1, 0.15) is 25.8 Å². The molecule has 2 N–H and O–H groups in total. The van der Waals surface area contributed by atoms with E-state index in [2.05, 4.69) is 18.7 Å². The van der Waals surface area contributed by atoms with Crippen LogP contribution in [-0.4, -0.2) is 24.0 Å². The fourth-order valence-electron chi connectivity index (χ4n) is 2.52. The van der Waals surface area contributed by atoms with Gasteiger partial charge in [0, 0.05) is 25.7 Å². The molecule has 2 rings (SSSR count). The van der Waals surface area contributed by atoms with Gasteiger partial charge < -0.3 is 5.73 Å². The third-order valence-corrected chi connectivity index (χ3v) is 4.52. The summed E-state index contributed by atoms with van der Waals surface area (Å²) in [5.41, 5.74) is 7.53. The van der Waals surface area contributed by atoms with Crippen molar-refractivity contribution in [2.24, 2.45) is 11.1 Å². The van der Waals surface area contributed by atoms with Crippen molar-refractivity contribution in [2.75, 3.05) is 13.1 Å². The molecule has 1 aliphatic rings.